The van der Waals surface area contributed by atoms with Crippen molar-refractivity contribution in [2.24, 2.45) is 0 Å². The predicted octanol–water partition coefficient (Wildman–Crippen LogP) is 6.04. The molecule has 6 heteroatoms. The van der Waals surface area contributed by atoms with Crippen molar-refractivity contribution in [2.75, 3.05) is 0 Å². The van der Waals surface area contributed by atoms with Crippen LogP contribution >= 0.6 is 0 Å². The number of ether oxygens (including phenoxy) is 1. The van der Waals surface area contributed by atoms with E-state index in [0.717, 1.165) is 33.8 Å². The molecule has 0 fully saturated rings. The first kappa shape index (κ1) is 24.5. The van der Waals surface area contributed by atoms with Crippen LogP contribution in [0.1, 0.15) is 28.1 Å². The van der Waals surface area contributed by atoms with E-state index in [2.05, 4.69) is 9.88 Å². The maximum atomic E-state index is 13.1. The molecule has 3 aromatic carbocycles. The fraction of sp³-hybridized carbons (Fsp3) is 0.133. The minimum atomic E-state index is -0.409. The van der Waals surface area contributed by atoms with Crippen LogP contribution in [0.25, 0.3) is 11.8 Å². The first-order valence-corrected chi connectivity index (χ1v) is 11.5. The quantitative estimate of drug-likeness (QED) is 0.248. The van der Waals surface area contributed by atoms with Crippen LogP contribution in [-0.2, 0) is 17.9 Å². The van der Waals surface area contributed by atoms with Crippen molar-refractivity contribution >= 4 is 12.0 Å². The Morgan fingerprint density at radius 3 is 2.36 bits per heavy atom. The average molecular weight is 480 g/mol. The van der Waals surface area contributed by atoms with Gasteiger partial charge in [-0.05, 0) is 79.1 Å². The average Bonchev–Trinajstić information content (AvgIpc) is 3.18. The number of carbonyl (C=O) groups is 1. The van der Waals surface area contributed by atoms with Gasteiger partial charge in [0.25, 0.3) is 5.91 Å². The molecule has 1 amide bonds. The van der Waals surface area contributed by atoms with Gasteiger partial charge in [-0.15, -0.1) is 0 Å². The summed E-state index contributed by atoms with van der Waals surface area (Å²) in [5.41, 5.74) is 5.52. The summed E-state index contributed by atoms with van der Waals surface area (Å²) in [7, 11) is 0. The minimum absolute atomic E-state index is 0.0516. The van der Waals surface area contributed by atoms with Crippen molar-refractivity contribution in [3.05, 3.63) is 124 Å². The first-order valence-electron chi connectivity index (χ1n) is 11.5. The van der Waals surface area contributed by atoms with Crippen LogP contribution in [-0.4, -0.2) is 10.5 Å². The topological polar surface area (TPSA) is 67.0 Å². The summed E-state index contributed by atoms with van der Waals surface area (Å²) in [5, 5.41) is 12.4. The summed E-state index contributed by atoms with van der Waals surface area (Å²) in [4.78, 5) is 12.6. The number of rotatable bonds is 8. The Bertz CT molecular complexity index is 1410. The molecule has 0 saturated heterocycles. The molecule has 180 valence electrons. The molecule has 1 N–H and O–H groups in total. The van der Waals surface area contributed by atoms with E-state index in [1.165, 1.54) is 12.1 Å². The smallest absolute Gasteiger partial charge is 0.262 e. The van der Waals surface area contributed by atoms with Crippen molar-refractivity contribution < 1.29 is 13.9 Å². The number of benzene rings is 3. The highest BCUT2D eigenvalue weighted by Gasteiger charge is 2.14. The van der Waals surface area contributed by atoms with Crippen molar-refractivity contribution in [3.63, 3.8) is 0 Å². The zero-order valence-electron chi connectivity index (χ0n) is 20.2. The highest BCUT2D eigenvalue weighted by molar-refractivity contribution is 6.01. The normalized spacial score (nSPS) is 11.1. The van der Waals surface area contributed by atoms with E-state index in [4.69, 9.17) is 4.74 Å². The van der Waals surface area contributed by atoms with E-state index in [1.807, 2.05) is 80.6 Å². The molecular formula is C30H26FN3O2. The number of nitrogens with one attached hydrogen (secondary N) is 1. The number of carbonyl (C=O) groups excluding carboxylic acids is 1. The highest BCUT2D eigenvalue weighted by Crippen LogP contribution is 2.25. The number of hydrogen-bond donors (Lipinski definition) is 1. The van der Waals surface area contributed by atoms with E-state index < -0.39 is 5.91 Å². The molecule has 1 heterocycles. The molecule has 0 radical (unpaired) electrons. The number of halogens is 1. The lowest BCUT2D eigenvalue weighted by Crippen LogP contribution is -2.23. The summed E-state index contributed by atoms with van der Waals surface area (Å²) in [6.07, 6.45) is 1.62. The lowest BCUT2D eigenvalue weighted by molar-refractivity contribution is -0.117. The van der Waals surface area contributed by atoms with Gasteiger partial charge in [0.15, 0.2) is 0 Å². The number of hydrogen-bond acceptors (Lipinski definition) is 3. The number of nitriles is 1. The molecule has 5 nitrogen and oxygen atoms in total. The minimum Gasteiger partial charge on any atom is -0.489 e. The maximum absolute atomic E-state index is 13.1. The van der Waals surface area contributed by atoms with Gasteiger partial charge >= 0.3 is 0 Å². The van der Waals surface area contributed by atoms with E-state index in [9.17, 15) is 14.4 Å². The third kappa shape index (κ3) is 5.89. The first-order chi connectivity index (χ1) is 17.4. The van der Waals surface area contributed by atoms with E-state index in [-0.39, 0.29) is 11.4 Å². The van der Waals surface area contributed by atoms with Gasteiger partial charge in [0, 0.05) is 23.6 Å². The largest absolute Gasteiger partial charge is 0.489 e. The standard InChI is InChI=1S/C30H26FN3O2/c1-21-16-25(17-26(18-32)30(35)33-19-23-6-4-3-5-7-23)22(2)34(21)28-12-14-29(15-13-28)36-20-24-8-10-27(31)11-9-24/h3-17H,19-20H2,1-2H3,(H,33,35)/b26-17-. The molecule has 0 aliphatic heterocycles. The van der Waals surface area contributed by atoms with Gasteiger partial charge < -0.3 is 14.6 Å². The maximum Gasteiger partial charge on any atom is 0.262 e. The Morgan fingerprint density at radius 1 is 1.00 bits per heavy atom. The highest BCUT2D eigenvalue weighted by atomic mass is 19.1. The Kier molecular flexibility index (Phi) is 7.62. The van der Waals surface area contributed by atoms with Crippen LogP contribution < -0.4 is 10.1 Å². The van der Waals surface area contributed by atoms with Gasteiger partial charge in [-0.3, -0.25) is 4.79 Å². The lowest BCUT2D eigenvalue weighted by atomic mass is 10.1. The Balaban J connectivity index is 1.47. The zero-order chi connectivity index (χ0) is 25.5. The molecule has 4 aromatic rings. The van der Waals surface area contributed by atoms with Crippen LogP contribution in [0.5, 0.6) is 5.75 Å². The molecular weight excluding hydrogens is 453 g/mol. The van der Waals surface area contributed by atoms with Gasteiger partial charge in [-0.2, -0.15) is 5.26 Å². The fourth-order valence-corrected chi connectivity index (χ4v) is 3.95. The van der Waals surface area contributed by atoms with Gasteiger partial charge in [0.2, 0.25) is 0 Å². The summed E-state index contributed by atoms with van der Waals surface area (Å²) < 4.78 is 20.9. The van der Waals surface area contributed by atoms with E-state index >= 15 is 0 Å². The zero-order valence-corrected chi connectivity index (χ0v) is 20.2. The fourth-order valence-electron chi connectivity index (χ4n) is 3.95. The monoisotopic (exact) mass is 479 g/mol. The van der Waals surface area contributed by atoms with Gasteiger partial charge in [-0.1, -0.05) is 42.5 Å². The number of aryl methyl sites for hydroxylation is 1. The number of amides is 1. The Hall–Kier alpha value is -4.63. The van der Waals surface area contributed by atoms with Crippen LogP contribution in [0, 0.1) is 31.0 Å². The molecule has 0 saturated carbocycles. The number of nitrogens with zero attached hydrogens (tertiary/aromatic N) is 2. The van der Waals surface area contributed by atoms with Crippen molar-refractivity contribution in [3.8, 4) is 17.5 Å². The second-order valence-corrected chi connectivity index (χ2v) is 8.41. The van der Waals surface area contributed by atoms with Crippen LogP contribution in [0.3, 0.4) is 0 Å². The van der Waals surface area contributed by atoms with Crippen molar-refractivity contribution in [2.45, 2.75) is 27.0 Å². The molecule has 0 bridgehead atoms. The molecule has 0 aliphatic carbocycles. The predicted molar refractivity (Wildman–Crippen MR) is 138 cm³/mol. The molecule has 1 aromatic heterocycles. The second kappa shape index (κ2) is 11.2. The molecule has 0 unspecified atom stereocenters. The summed E-state index contributed by atoms with van der Waals surface area (Å²) in [6.45, 7) is 4.63. The van der Waals surface area contributed by atoms with Gasteiger partial charge in [-0.25, -0.2) is 4.39 Å². The molecule has 0 atom stereocenters. The SMILES string of the molecule is Cc1cc(/C=C(/C#N)C(=O)NCc2ccccc2)c(C)n1-c1ccc(OCc2ccc(F)cc2)cc1. The molecule has 0 aliphatic rings. The lowest BCUT2D eigenvalue weighted by Gasteiger charge is -2.12. The second-order valence-electron chi connectivity index (χ2n) is 8.41. The summed E-state index contributed by atoms with van der Waals surface area (Å²) in [5.74, 6) is 0.0193. The summed E-state index contributed by atoms with van der Waals surface area (Å²) in [6, 6.07) is 27.4. The Morgan fingerprint density at radius 2 is 1.69 bits per heavy atom. The molecule has 36 heavy (non-hydrogen) atoms. The summed E-state index contributed by atoms with van der Waals surface area (Å²) >= 11 is 0. The van der Waals surface area contributed by atoms with Crippen LogP contribution in [0.4, 0.5) is 4.39 Å². The van der Waals surface area contributed by atoms with Crippen LogP contribution in [0.2, 0.25) is 0 Å². The van der Waals surface area contributed by atoms with Crippen LogP contribution in [0.15, 0.2) is 90.5 Å². The third-order valence-electron chi connectivity index (χ3n) is 5.84. The molecule has 4 rings (SSSR count). The van der Waals surface area contributed by atoms with E-state index in [0.29, 0.717) is 18.9 Å². The molecule has 0 spiro atoms. The Labute approximate surface area is 210 Å². The number of aromatic nitrogens is 1. The third-order valence-corrected chi connectivity index (χ3v) is 5.84. The van der Waals surface area contributed by atoms with Gasteiger partial charge in [0.05, 0.1) is 0 Å². The van der Waals surface area contributed by atoms with Gasteiger partial charge in [0.1, 0.15) is 29.8 Å². The van der Waals surface area contributed by atoms with Crippen molar-refractivity contribution in [1.82, 2.24) is 9.88 Å². The van der Waals surface area contributed by atoms with E-state index in [1.54, 1.807) is 18.2 Å². The van der Waals surface area contributed by atoms with Crippen molar-refractivity contribution in [1.29, 1.82) is 5.26 Å².